The van der Waals surface area contributed by atoms with Crippen molar-refractivity contribution in [2.45, 2.75) is 39.5 Å². The molecule has 0 aliphatic heterocycles. The third-order valence-electron chi connectivity index (χ3n) is 5.34. The summed E-state index contributed by atoms with van der Waals surface area (Å²) in [4.78, 5) is 20.7. The van der Waals surface area contributed by atoms with Crippen LogP contribution in [0.1, 0.15) is 46.6 Å². The molecule has 0 saturated heterocycles. The molecule has 0 aliphatic rings. The minimum absolute atomic E-state index is 0.110. The van der Waals surface area contributed by atoms with Crippen LogP contribution in [0.5, 0.6) is 0 Å². The number of carbonyl (C=O) groups excluding carboxylic acids is 1. The summed E-state index contributed by atoms with van der Waals surface area (Å²) in [5.41, 5.74) is 5.46. The van der Waals surface area contributed by atoms with Gasteiger partial charge in [0, 0.05) is 13.0 Å². The zero-order chi connectivity index (χ0) is 20.9. The molecule has 154 valence electrons. The largest absolute Gasteiger partial charge is 0.352 e. The van der Waals surface area contributed by atoms with Gasteiger partial charge in [0.2, 0.25) is 0 Å². The summed E-state index contributed by atoms with van der Waals surface area (Å²) in [5, 5.41) is 14.4. The van der Waals surface area contributed by atoms with Crippen molar-refractivity contribution >= 4 is 16.9 Å². The van der Waals surface area contributed by atoms with Crippen molar-refractivity contribution in [1.29, 1.82) is 0 Å². The highest BCUT2D eigenvalue weighted by Crippen LogP contribution is 2.21. The average Bonchev–Trinajstić information content (AvgIpc) is 3.41. The van der Waals surface area contributed by atoms with Gasteiger partial charge in [-0.25, -0.2) is 4.98 Å². The third kappa shape index (κ3) is 4.22. The molecule has 0 aliphatic carbocycles. The van der Waals surface area contributed by atoms with E-state index in [2.05, 4.69) is 30.8 Å². The second-order valence-corrected chi connectivity index (χ2v) is 7.43. The number of unbranched alkanes of at least 4 members (excludes halogenated alkanes) is 2. The number of nitrogens with zero attached hydrogens (tertiary/aromatic N) is 5. The zero-order valence-electron chi connectivity index (χ0n) is 17.2. The molecule has 2 heterocycles. The Morgan fingerprint density at radius 3 is 2.77 bits per heavy atom. The van der Waals surface area contributed by atoms with E-state index >= 15 is 0 Å². The summed E-state index contributed by atoms with van der Waals surface area (Å²) in [7, 11) is 0. The molecule has 0 spiro atoms. The Hall–Kier alpha value is -3.55. The third-order valence-corrected chi connectivity index (χ3v) is 5.34. The Bertz CT molecular complexity index is 1110. The summed E-state index contributed by atoms with van der Waals surface area (Å²) in [6.45, 7) is 4.61. The van der Waals surface area contributed by atoms with Gasteiger partial charge in [0.1, 0.15) is 12.2 Å². The molecule has 8 nitrogen and oxygen atoms in total. The Morgan fingerprint density at radius 2 is 1.97 bits per heavy atom. The number of H-pyrrole nitrogens is 1. The van der Waals surface area contributed by atoms with Crippen LogP contribution in [0.15, 0.2) is 42.7 Å². The second-order valence-electron chi connectivity index (χ2n) is 7.43. The minimum atomic E-state index is -0.110. The zero-order valence-corrected chi connectivity index (χ0v) is 17.2. The van der Waals surface area contributed by atoms with Crippen LogP contribution in [0.25, 0.3) is 16.7 Å². The van der Waals surface area contributed by atoms with Crippen LogP contribution < -0.4 is 5.32 Å². The number of aromatic amines is 1. The van der Waals surface area contributed by atoms with E-state index in [0.717, 1.165) is 59.4 Å². The first-order chi connectivity index (χ1) is 14.6. The van der Waals surface area contributed by atoms with E-state index in [9.17, 15) is 4.79 Å². The Balaban J connectivity index is 1.28. The molecule has 0 bridgehead atoms. The maximum atomic E-state index is 12.8. The van der Waals surface area contributed by atoms with Crippen LogP contribution in [0, 0.1) is 13.8 Å². The predicted octanol–water partition coefficient (Wildman–Crippen LogP) is 3.30. The molecule has 2 N–H and O–H groups in total. The highest BCUT2D eigenvalue weighted by atomic mass is 16.1. The Morgan fingerprint density at radius 1 is 1.10 bits per heavy atom. The number of hydrogen-bond acceptors (Lipinski definition) is 5. The number of benzene rings is 2. The van der Waals surface area contributed by atoms with E-state index in [1.807, 2.05) is 50.2 Å². The number of carbonyl (C=O) groups is 1. The highest BCUT2D eigenvalue weighted by molar-refractivity contribution is 5.98. The predicted molar refractivity (Wildman–Crippen MR) is 115 cm³/mol. The van der Waals surface area contributed by atoms with Crippen molar-refractivity contribution in [1.82, 2.24) is 35.5 Å². The SMILES string of the molecule is Cc1ccc(C(=O)NCCCCCc2nc3ccccc3[nH]2)c(-n2cnnn2)c1C. The van der Waals surface area contributed by atoms with E-state index in [4.69, 9.17) is 0 Å². The molecule has 4 rings (SSSR count). The number of para-hydroxylation sites is 2. The number of fused-ring (bicyclic) bond motifs is 1. The first-order valence-corrected chi connectivity index (χ1v) is 10.2. The molecule has 0 saturated carbocycles. The summed E-state index contributed by atoms with van der Waals surface area (Å²) in [5.74, 6) is 0.905. The van der Waals surface area contributed by atoms with Crippen molar-refractivity contribution in [3.05, 3.63) is 65.2 Å². The molecular formula is C22H25N7O. The maximum absolute atomic E-state index is 12.8. The lowest BCUT2D eigenvalue weighted by Gasteiger charge is -2.14. The number of tetrazole rings is 1. The first kappa shape index (κ1) is 19.8. The van der Waals surface area contributed by atoms with E-state index < -0.39 is 0 Å². The number of aryl methyl sites for hydroxylation is 2. The molecule has 0 atom stereocenters. The van der Waals surface area contributed by atoms with Gasteiger partial charge in [0.15, 0.2) is 0 Å². The fraction of sp³-hybridized carbons (Fsp3) is 0.318. The Labute approximate surface area is 174 Å². The van der Waals surface area contributed by atoms with E-state index in [0.29, 0.717) is 12.1 Å². The van der Waals surface area contributed by atoms with Crippen LogP contribution in [0.3, 0.4) is 0 Å². The van der Waals surface area contributed by atoms with E-state index in [1.54, 1.807) is 4.68 Å². The van der Waals surface area contributed by atoms with Gasteiger partial charge in [-0.1, -0.05) is 24.6 Å². The normalized spacial score (nSPS) is 11.1. The molecule has 4 aromatic rings. The van der Waals surface area contributed by atoms with Gasteiger partial charge in [-0.05, 0) is 66.4 Å². The molecule has 0 fully saturated rings. The van der Waals surface area contributed by atoms with Crippen LogP contribution in [-0.4, -0.2) is 42.6 Å². The molecule has 2 aromatic heterocycles. The number of hydrogen-bond donors (Lipinski definition) is 2. The van der Waals surface area contributed by atoms with Gasteiger partial charge >= 0.3 is 0 Å². The quantitative estimate of drug-likeness (QED) is 0.440. The Kier molecular flexibility index (Phi) is 5.83. The monoisotopic (exact) mass is 403 g/mol. The minimum Gasteiger partial charge on any atom is -0.352 e. The smallest absolute Gasteiger partial charge is 0.253 e. The molecule has 30 heavy (non-hydrogen) atoms. The summed E-state index contributed by atoms with van der Waals surface area (Å²) in [6.07, 6.45) is 5.37. The molecule has 8 heteroatoms. The van der Waals surface area contributed by atoms with Gasteiger partial charge in [0.05, 0.1) is 22.3 Å². The lowest BCUT2D eigenvalue weighted by Crippen LogP contribution is -2.26. The van der Waals surface area contributed by atoms with Gasteiger partial charge in [-0.3, -0.25) is 4.79 Å². The van der Waals surface area contributed by atoms with Crippen LogP contribution in [0.2, 0.25) is 0 Å². The standard InChI is InChI=1S/C22H25N7O/c1-15-11-12-17(21(16(15)2)29-14-24-27-28-29)22(30)23-13-7-3-4-10-20-25-18-8-5-6-9-19(18)26-20/h5-6,8-9,11-12,14H,3-4,7,10,13H2,1-2H3,(H,23,30)(H,25,26). The summed E-state index contributed by atoms with van der Waals surface area (Å²) < 4.78 is 1.55. The number of amides is 1. The highest BCUT2D eigenvalue weighted by Gasteiger charge is 2.17. The summed E-state index contributed by atoms with van der Waals surface area (Å²) >= 11 is 0. The molecular weight excluding hydrogens is 378 g/mol. The molecule has 1 amide bonds. The number of aromatic nitrogens is 6. The second kappa shape index (κ2) is 8.86. The fourth-order valence-corrected chi connectivity index (χ4v) is 3.56. The molecule has 0 unspecified atom stereocenters. The van der Waals surface area contributed by atoms with Crippen LogP contribution in [0.4, 0.5) is 0 Å². The molecule has 0 radical (unpaired) electrons. The topological polar surface area (TPSA) is 101 Å². The lowest BCUT2D eigenvalue weighted by molar-refractivity contribution is 0.0952. The van der Waals surface area contributed by atoms with Gasteiger partial charge in [-0.2, -0.15) is 4.68 Å². The van der Waals surface area contributed by atoms with Crippen LogP contribution in [-0.2, 0) is 6.42 Å². The molecule has 2 aromatic carbocycles. The van der Waals surface area contributed by atoms with Crippen molar-refractivity contribution in [2.24, 2.45) is 0 Å². The number of rotatable bonds is 8. The van der Waals surface area contributed by atoms with Gasteiger partial charge in [0.25, 0.3) is 5.91 Å². The van der Waals surface area contributed by atoms with Gasteiger partial charge < -0.3 is 10.3 Å². The number of nitrogens with one attached hydrogen (secondary N) is 2. The van der Waals surface area contributed by atoms with Crippen molar-refractivity contribution < 1.29 is 4.79 Å². The van der Waals surface area contributed by atoms with E-state index in [-0.39, 0.29) is 5.91 Å². The van der Waals surface area contributed by atoms with Crippen molar-refractivity contribution in [3.63, 3.8) is 0 Å². The first-order valence-electron chi connectivity index (χ1n) is 10.2. The van der Waals surface area contributed by atoms with Crippen LogP contribution >= 0.6 is 0 Å². The van der Waals surface area contributed by atoms with E-state index in [1.165, 1.54) is 6.33 Å². The van der Waals surface area contributed by atoms with Crippen molar-refractivity contribution in [2.75, 3.05) is 6.54 Å². The van der Waals surface area contributed by atoms with Gasteiger partial charge in [-0.15, -0.1) is 5.10 Å². The fourth-order valence-electron chi connectivity index (χ4n) is 3.56. The summed E-state index contributed by atoms with van der Waals surface area (Å²) in [6, 6.07) is 11.8. The average molecular weight is 403 g/mol. The maximum Gasteiger partial charge on any atom is 0.253 e. The lowest BCUT2D eigenvalue weighted by atomic mass is 10.0. The number of imidazole rings is 1. The van der Waals surface area contributed by atoms with Crippen molar-refractivity contribution in [3.8, 4) is 5.69 Å².